The molecule has 0 amide bonds. The number of nitrogens with zero attached hydrogens (tertiary/aromatic N) is 3. The summed E-state index contributed by atoms with van der Waals surface area (Å²) in [7, 11) is -6.21. The maximum Gasteiger partial charge on any atom is 0.261 e. The van der Waals surface area contributed by atoms with E-state index in [0.717, 1.165) is 16.5 Å². The van der Waals surface area contributed by atoms with Crippen LogP contribution in [0.4, 0.5) is 11.5 Å². The molecule has 3 N–H and O–H groups in total. The van der Waals surface area contributed by atoms with Gasteiger partial charge in [-0.05, 0) is 53.9 Å². The number of sulfonamides is 1. The minimum Gasteiger partial charge on any atom is -0.406 e. The van der Waals surface area contributed by atoms with Crippen molar-refractivity contribution in [3.05, 3.63) is 97.5 Å². The highest BCUT2D eigenvalue weighted by molar-refractivity contribution is 8.00. The lowest BCUT2D eigenvalue weighted by atomic mass is 10.1. The Morgan fingerprint density at radius 3 is 2.14 bits per heavy atom. The first-order chi connectivity index (χ1) is 24.2. The Hall–Kier alpha value is -3.72. The van der Waals surface area contributed by atoms with Crippen molar-refractivity contribution in [2.24, 2.45) is 0 Å². The lowest BCUT2D eigenvalue weighted by Gasteiger charge is -2.43. The van der Waals surface area contributed by atoms with Crippen LogP contribution in [0.1, 0.15) is 46.9 Å². The van der Waals surface area contributed by atoms with E-state index in [9.17, 15) is 8.42 Å². The van der Waals surface area contributed by atoms with E-state index >= 15 is 0 Å². The molecule has 5 aromatic rings. The Kier molecular flexibility index (Phi) is 9.34. The van der Waals surface area contributed by atoms with Gasteiger partial charge in [-0.3, -0.25) is 4.72 Å². The number of aromatic nitrogens is 3. The van der Waals surface area contributed by atoms with E-state index in [1.165, 1.54) is 16.7 Å². The number of nitrogen functional groups attached to an aromatic ring is 1. The van der Waals surface area contributed by atoms with Crippen molar-refractivity contribution in [3.63, 3.8) is 0 Å². The molecule has 7 rings (SSSR count). The third-order valence-electron chi connectivity index (χ3n) is 9.77. The molecule has 51 heavy (non-hydrogen) atoms. The number of anilines is 2. The number of nitrogens with one attached hydrogen (secondary N) is 1. The Morgan fingerprint density at radius 1 is 0.941 bits per heavy atom. The summed E-state index contributed by atoms with van der Waals surface area (Å²) in [5, 5.41) is 2.76. The molecule has 2 saturated heterocycles. The predicted molar refractivity (Wildman–Crippen MR) is 208 cm³/mol. The number of hydrogen-bond acceptors (Lipinski definition) is 9. The van der Waals surface area contributed by atoms with Crippen LogP contribution in [0.2, 0.25) is 5.04 Å². The number of ether oxygens (including phenoxy) is 2. The first kappa shape index (κ1) is 35.7. The van der Waals surface area contributed by atoms with Crippen molar-refractivity contribution in [1.82, 2.24) is 14.5 Å². The van der Waals surface area contributed by atoms with E-state index in [0.29, 0.717) is 23.8 Å². The molecular weight excluding hydrogens is 699 g/mol. The van der Waals surface area contributed by atoms with Gasteiger partial charge < -0.3 is 24.2 Å². The third kappa shape index (κ3) is 6.60. The molecule has 13 heteroatoms. The summed E-state index contributed by atoms with van der Waals surface area (Å²) in [5.41, 5.74) is 9.40. The molecule has 10 nitrogen and oxygen atoms in total. The van der Waals surface area contributed by atoms with Crippen molar-refractivity contribution < 1.29 is 22.3 Å². The zero-order chi connectivity index (χ0) is 36.2. The maximum absolute atomic E-state index is 12.2. The summed E-state index contributed by atoms with van der Waals surface area (Å²) in [5.74, 6) is -0.435. The highest BCUT2D eigenvalue weighted by Gasteiger charge is 2.57. The highest BCUT2D eigenvalue weighted by Crippen LogP contribution is 2.53. The molecule has 0 radical (unpaired) electrons. The van der Waals surface area contributed by atoms with Crippen molar-refractivity contribution in [2.75, 3.05) is 22.8 Å². The molecule has 2 aliphatic rings. The first-order valence-corrected chi connectivity index (χ1v) is 21.7. The summed E-state index contributed by atoms with van der Waals surface area (Å²) < 4.78 is 49.8. The lowest BCUT2D eigenvalue weighted by Crippen LogP contribution is -2.67. The standard InChI is InChI=1S/C38H45N5O5S2Si/c1-7-50(44,45)42-26-20-18-25(19-21-26)29-22-43(35-31(29)34(39)40-24-41-35)36-33-32(47-38(5,6)48-33)30(49-36)23-46-51(37(2,3)4,27-14-10-8-11-15-27)28-16-12-9-13-17-28/h8-22,24,30,32-33,36,42H,7,23H2,1-6H3,(H2,39,40,41)/t30-,32-,33-,36-/m1/s1. The van der Waals surface area contributed by atoms with Crippen LogP contribution in [-0.4, -0.2) is 66.9 Å². The van der Waals surface area contributed by atoms with E-state index in [2.05, 4.69) is 102 Å². The van der Waals surface area contributed by atoms with Crippen LogP contribution < -0.4 is 20.8 Å². The zero-order valence-corrected chi connectivity index (χ0v) is 32.4. The fraction of sp³-hybridized carbons (Fsp3) is 0.368. The van der Waals surface area contributed by atoms with Gasteiger partial charge in [-0.15, -0.1) is 11.8 Å². The molecule has 0 aliphatic carbocycles. The van der Waals surface area contributed by atoms with Gasteiger partial charge in [-0.1, -0.05) is 93.6 Å². The molecule has 2 aliphatic heterocycles. The SMILES string of the molecule is CCS(=O)(=O)Nc1ccc(-c2cn([C@@H]3S[C@H](CO[Si](c4ccccc4)(c4ccccc4)C(C)(C)C)[C@H]4OC(C)(C)O[C@H]43)c3ncnc(N)c23)cc1. The van der Waals surface area contributed by atoms with Gasteiger partial charge in [-0.2, -0.15) is 0 Å². The second-order valence-electron chi connectivity index (χ2n) is 14.6. The van der Waals surface area contributed by atoms with Gasteiger partial charge in [0.15, 0.2) is 5.79 Å². The summed E-state index contributed by atoms with van der Waals surface area (Å²) in [6.45, 7) is 12.8. The molecule has 0 saturated carbocycles. The minimum atomic E-state index is -3.41. The maximum atomic E-state index is 12.2. The van der Waals surface area contributed by atoms with Crippen molar-refractivity contribution in [3.8, 4) is 11.1 Å². The largest absolute Gasteiger partial charge is 0.406 e. The monoisotopic (exact) mass is 743 g/mol. The molecule has 0 unspecified atom stereocenters. The number of hydrogen-bond donors (Lipinski definition) is 2. The fourth-order valence-electron chi connectivity index (χ4n) is 7.48. The number of nitrogens with two attached hydrogens (primary N) is 1. The average Bonchev–Trinajstić information content (AvgIpc) is 3.74. The number of thioether (sulfide) groups is 1. The molecule has 268 valence electrons. The van der Waals surface area contributed by atoms with E-state index in [1.807, 2.05) is 26.0 Å². The predicted octanol–water partition coefficient (Wildman–Crippen LogP) is 6.15. The van der Waals surface area contributed by atoms with Gasteiger partial charge in [0.25, 0.3) is 8.32 Å². The number of rotatable bonds is 10. The van der Waals surface area contributed by atoms with Crippen LogP contribution in [0.15, 0.2) is 97.5 Å². The topological polar surface area (TPSA) is 131 Å². The van der Waals surface area contributed by atoms with E-state index in [-0.39, 0.29) is 33.6 Å². The van der Waals surface area contributed by atoms with Crippen LogP contribution >= 0.6 is 11.8 Å². The Bertz CT molecular complexity index is 2080. The second-order valence-corrected chi connectivity index (χ2v) is 22.3. The van der Waals surface area contributed by atoms with E-state index in [1.54, 1.807) is 30.8 Å². The highest BCUT2D eigenvalue weighted by atomic mass is 32.2. The van der Waals surface area contributed by atoms with Crippen LogP contribution in [0.5, 0.6) is 0 Å². The third-order valence-corrected chi connectivity index (χ3v) is 17.6. The molecular formula is C38H45N5O5S2Si. The van der Waals surface area contributed by atoms with Gasteiger partial charge in [0, 0.05) is 24.1 Å². The molecule has 2 aromatic heterocycles. The first-order valence-electron chi connectivity index (χ1n) is 17.2. The number of benzene rings is 3. The second kappa shape index (κ2) is 13.4. The Labute approximate surface area is 305 Å². The molecule has 3 aromatic carbocycles. The lowest BCUT2D eigenvalue weighted by molar-refractivity contribution is -0.149. The van der Waals surface area contributed by atoms with Gasteiger partial charge >= 0.3 is 0 Å². The van der Waals surface area contributed by atoms with Crippen molar-refractivity contribution >= 4 is 63.0 Å². The van der Waals surface area contributed by atoms with Crippen LogP contribution in [-0.2, 0) is 23.9 Å². The molecule has 2 fully saturated rings. The summed E-state index contributed by atoms with van der Waals surface area (Å²) in [6.07, 6.45) is 3.01. The summed E-state index contributed by atoms with van der Waals surface area (Å²) >= 11 is 1.77. The van der Waals surface area contributed by atoms with Crippen LogP contribution in [0.3, 0.4) is 0 Å². The van der Waals surface area contributed by atoms with Gasteiger partial charge in [-0.25, -0.2) is 18.4 Å². The van der Waals surface area contributed by atoms with Crippen LogP contribution in [0.25, 0.3) is 22.2 Å². The van der Waals surface area contributed by atoms with Crippen molar-refractivity contribution in [1.29, 1.82) is 0 Å². The Balaban J connectivity index is 1.26. The summed E-state index contributed by atoms with van der Waals surface area (Å²) in [4.78, 5) is 9.06. The molecule has 4 heterocycles. The van der Waals surface area contributed by atoms with Gasteiger partial charge in [0.2, 0.25) is 10.0 Å². The normalized spacial score (nSPS) is 21.9. The quantitative estimate of drug-likeness (QED) is 0.162. The molecule has 0 spiro atoms. The molecule has 4 atom stereocenters. The zero-order valence-electron chi connectivity index (χ0n) is 29.7. The Morgan fingerprint density at radius 2 is 1.55 bits per heavy atom. The van der Waals surface area contributed by atoms with E-state index in [4.69, 9.17) is 24.6 Å². The van der Waals surface area contributed by atoms with Gasteiger partial charge in [0.05, 0.1) is 16.4 Å². The smallest absolute Gasteiger partial charge is 0.261 e. The molecule has 0 bridgehead atoms. The van der Waals surface area contributed by atoms with Crippen LogP contribution in [0, 0.1) is 0 Å². The number of fused-ring (bicyclic) bond motifs is 2. The fourth-order valence-corrected chi connectivity index (χ4v) is 14.3. The van der Waals surface area contributed by atoms with E-state index < -0.39 is 24.1 Å². The van der Waals surface area contributed by atoms with Crippen molar-refractivity contribution in [2.45, 2.75) is 75.2 Å². The average molecular weight is 744 g/mol. The minimum absolute atomic E-state index is 0.0101. The van der Waals surface area contributed by atoms with Gasteiger partial charge in [0.1, 0.15) is 35.4 Å². The summed E-state index contributed by atoms with van der Waals surface area (Å²) in [6, 6.07) is 28.6.